The lowest BCUT2D eigenvalue weighted by molar-refractivity contribution is -0.183. The summed E-state index contributed by atoms with van der Waals surface area (Å²) in [5.41, 5.74) is -5.46. The largest absolute Gasteiger partial charge is 0.393 e. The van der Waals surface area contributed by atoms with Crippen molar-refractivity contribution in [3.05, 3.63) is 23.8 Å². The third-order valence-corrected chi connectivity index (χ3v) is 11.1. The van der Waals surface area contributed by atoms with Gasteiger partial charge in [-0.3, -0.25) is 14.4 Å². The van der Waals surface area contributed by atoms with Crippen LogP contribution in [0.1, 0.15) is 81.1 Å². The Labute approximate surface area is 220 Å². The Hall–Kier alpha value is -1.67. The van der Waals surface area contributed by atoms with E-state index in [4.69, 9.17) is 0 Å². The number of carbonyl (C=O) groups is 3. The second-order valence-electron chi connectivity index (χ2n) is 14.2. The fourth-order valence-electron chi connectivity index (χ4n) is 9.00. The molecule has 0 spiro atoms. The molecule has 4 aliphatic carbocycles. The highest BCUT2D eigenvalue weighted by Gasteiger charge is 2.74. The number of rotatable bonds is 4. The molecule has 7 heteroatoms. The van der Waals surface area contributed by atoms with Crippen LogP contribution in [-0.4, -0.2) is 61.2 Å². The first-order valence-corrected chi connectivity index (χ1v) is 13.5. The summed E-state index contributed by atoms with van der Waals surface area (Å²) in [6, 6.07) is 0. The quantitative estimate of drug-likeness (QED) is 0.334. The van der Waals surface area contributed by atoms with Gasteiger partial charge < -0.3 is 20.4 Å². The summed E-state index contributed by atoms with van der Waals surface area (Å²) in [6.07, 6.45) is 3.54. The maximum absolute atomic E-state index is 14.2. The Morgan fingerprint density at radius 1 is 1.03 bits per heavy atom. The first-order chi connectivity index (χ1) is 16.7. The van der Waals surface area contributed by atoms with Crippen molar-refractivity contribution in [1.29, 1.82) is 0 Å². The Bertz CT molecular complexity index is 1090. The summed E-state index contributed by atoms with van der Waals surface area (Å²) in [5, 5.41) is 43.7. The highest BCUT2D eigenvalue weighted by molar-refractivity contribution is 5.98. The molecule has 4 aliphatic rings. The van der Waals surface area contributed by atoms with E-state index >= 15 is 0 Å². The van der Waals surface area contributed by atoms with Crippen LogP contribution in [0.15, 0.2) is 23.8 Å². The maximum atomic E-state index is 14.2. The predicted molar refractivity (Wildman–Crippen MR) is 138 cm³/mol. The van der Waals surface area contributed by atoms with Crippen molar-refractivity contribution in [2.45, 2.75) is 104 Å². The zero-order valence-corrected chi connectivity index (χ0v) is 23.5. The molecule has 0 radical (unpaired) electrons. The van der Waals surface area contributed by atoms with Gasteiger partial charge in [-0.25, -0.2) is 0 Å². The molecule has 0 aromatic carbocycles. The number of allylic oxidation sites excluding steroid dienone is 2. The number of fused-ring (bicyclic) bond motifs is 5. The minimum Gasteiger partial charge on any atom is -0.393 e. The van der Waals surface area contributed by atoms with Crippen molar-refractivity contribution in [3.8, 4) is 0 Å². The number of hydrogen-bond donors (Lipinski definition) is 4. The van der Waals surface area contributed by atoms with Crippen molar-refractivity contribution in [2.75, 3.05) is 0 Å². The van der Waals surface area contributed by atoms with E-state index in [9.17, 15) is 34.8 Å². The Kier molecular flexibility index (Phi) is 6.26. The van der Waals surface area contributed by atoms with E-state index in [0.29, 0.717) is 12.8 Å². The van der Waals surface area contributed by atoms with Gasteiger partial charge in [-0.05, 0) is 82.6 Å². The molecule has 0 unspecified atom stereocenters. The summed E-state index contributed by atoms with van der Waals surface area (Å²) >= 11 is 0. The van der Waals surface area contributed by atoms with Gasteiger partial charge in [0.05, 0.1) is 11.7 Å². The average Bonchev–Trinajstić information content (AvgIpc) is 2.96. The Morgan fingerprint density at radius 2 is 1.62 bits per heavy atom. The third kappa shape index (κ3) is 3.71. The van der Waals surface area contributed by atoms with Crippen LogP contribution in [0.2, 0.25) is 0 Å². The molecule has 7 nitrogen and oxygen atoms in total. The summed E-state index contributed by atoms with van der Waals surface area (Å²) in [6.45, 7) is 14.0. The molecule has 9 atom stereocenters. The van der Waals surface area contributed by atoms with Gasteiger partial charge in [0.1, 0.15) is 17.5 Å². The maximum Gasteiger partial charge on any atom is 0.187 e. The normalized spacial score (nSPS) is 45.1. The fourth-order valence-corrected chi connectivity index (χ4v) is 9.00. The van der Waals surface area contributed by atoms with Gasteiger partial charge >= 0.3 is 0 Å². The van der Waals surface area contributed by atoms with Crippen LogP contribution in [0.5, 0.6) is 0 Å². The SMILES string of the molecule is CC(C)(O)/C=C/C(=O)[C@@](C)(O)[C@@H]1[C@@H](O)C[C@]2(C)[C@H]3CC=C4[C@H](C[C@@H](O)C(=O)C4(C)C)[C@@]3(C)C(=O)C[C@@]12C. The fraction of sp³-hybridized carbons (Fsp3) is 0.767. The van der Waals surface area contributed by atoms with Crippen molar-refractivity contribution < 1.29 is 34.8 Å². The van der Waals surface area contributed by atoms with E-state index < -0.39 is 56.8 Å². The number of aliphatic hydroxyl groups excluding tert-OH is 2. The zero-order chi connectivity index (χ0) is 28.1. The van der Waals surface area contributed by atoms with Crippen LogP contribution in [0.4, 0.5) is 0 Å². The van der Waals surface area contributed by atoms with E-state index in [1.165, 1.54) is 32.9 Å². The van der Waals surface area contributed by atoms with Gasteiger partial charge in [-0.2, -0.15) is 0 Å². The van der Waals surface area contributed by atoms with E-state index in [2.05, 4.69) is 13.0 Å². The summed E-state index contributed by atoms with van der Waals surface area (Å²) in [7, 11) is 0. The zero-order valence-electron chi connectivity index (χ0n) is 23.5. The number of carbonyl (C=O) groups excluding carboxylic acids is 3. The highest BCUT2D eigenvalue weighted by atomic mass is 16.3. The second-order valence-corrected chi connectivity index (χ2v) is 14.2. The molecule has 0 aliphatic heterocycles. The van der Waals surface area contributed by atoms with Crippen LogP contribution in [0.3, 0.4) is 0 Å². The molecule has 3 fully saturated rings. The predicted octanol–water partition coefficient (Wildman–Crippen LogP) is 2.93. The van der Waals surface area contributed by atoms with Crippen molar-refractivity contribution in [2.24, 2.45) is 39.4 Å². The molecule has 3 saturated carbocycles. The van der Waals surface area contributed by atoms with Gasteiger partial charge in [0.2, 0.25) is 0 Å². The molecule has 0 heterocycles. The molecule has 0 saturated heterocycles. The van der Waals surface area contributed by atoms with Crippen molar-refractivity contribution in [1.82, 2.24) is 0 Å². The van der Waals surface area contributed by atoms with Crippen LogP contribution < -0.4 is 0 Å². The first kappa shape index (κ1) is 28.3. The topological polar surface area (TPSA) is 132 Å². The third-order valence-electron chi connectivity index (χ3n) is 11.1. The molecule has 0 amide bonds. The Balaban J connectivity index is 1.80. The van der Waals surface area contributed by atoms with Crippen molar-refractivity contribution in [3.63, 3.8) is 0 Å². The lowest BCUT2D eigenvalue weighted by atomic mass is 9.38. The number of hydrogen-bond acceptors (Lipinski definition) is 7. The summed E-state index contributed by atoms with van der Waals surface area (Å²) < 4.78 is 0. The minimum atomic E-state index is -1.95. The van der Waals surface area contributed by atoms with E-state index in [-0.39, 0.29) is 36.2 Å². The lowest BCUT2D eigenvalue weighted by Crippen LogP contribution is -2.65. The van der Waals surface area contributed by atoms with Crippen LogP contribution >= 0.6 is 0 Å². The molecule has 4 rings (SSSR count). The van der Waals surface area contributed by atoms with Crippen LogP contribution in [0.25, 0.3) is 0 Å². The molecule has 0 bridgehead atoms. The van der Waals surface area contributed by atoms with Crippen molar-refractivity contribution >= 4 is 17.3 Å². The minimum absolute atomic E-state index is 0.0141. The van der Waals surface area contributed by atoms with Gasteiger partial charge in [0.25, 0.3) is 0 Å². The molecular formula is C30H44O7. The number of aliphatic hydroxyl groups is 4. The van der Waals surface area contributed by atoms with Gasteiger partial charge in [0.15, 0.2) is 11.6 Å². The summed E-state index contributed by atoms with van der Waals surface area (Å²) in [4.78, 5) is 40.2. The number of Topliss-reactive ketones (excluding diaryl/α,β-unsaturated/α-hetero) is 2. The molecule has 206 valence electrons. The molecule has 4 N–H and O–H groups in total. The highest BCUT2D eigenvalue weighted by Crippen LogP contribution is 2.74. The van der Waals surface area contributed by atoms with E-state index in [1.807, 2.05) is 27.7 Å². The monoisotopic (exact) mass is 516 g/mol. The lowest BCUT2D eigenvalue weighted by Gasteiger charge is -2.64. The molecule has 37 heavy (non-hydrogen) atoms. The number of ketones is 3. The van der Waals surface area contributed by atoms with E-state index in [0.717, 1.165) is 5.57 Å². The van der Waals surface area contributed by atoms with Crippen LogP contribution in [0, 0.1) is 39.4 Å². The molecular weight excluding hydrogens is 472 g/mol. The average molecular weight is 517 g/mol. The first-order valence-electron chi connectivity index (χ1n) is 13.5. The molecule has 0 aromatic heterocycles. The van der Waals surface area contributed by atoms with Crippen LogP contribution in [-0.2, 0) is 14.4 Å². The Morgan fingerprint density at radius 3 is 2.19 bits per heavy atom. The second kappa shape index (κ2) is 8.17. The standard InChI is InChI=1S/C30H44O7/c1-25(2,36)12-11-21(33)30(8,37)23-19(32)14-27(5)20-10-9-16-17(13-18(31)24(35)26(16,3)4)29(20,7)22(34)15-28(23,27)6/h9,11-12,17-20,23,31-32,36-37H,10,13-15H2,1-8H3/b12-11+/t17-,18+,19-,20+,23+,27+,28-,29+,30+/m0/s1. The summed E-state index contributed by atoms with van der Waals surface area (Å²) in [5.74, 6) is -2.24. The van der Waals surface area contributed by atoms with Gasteiger partial charge in [-0.1, -0.05) is 38.5 Å². The van der Waals surface area contributed by atoms with Gasteiger partial charge in [0, 0.05) is 23.2 Å². The van der Waals surface area contributed by atoms with E-state index in [1.54, 1.807) is 0 Å². The van der Waals surface area contributed by atoms with Gasteiger partial charge in [-0.15, -0.1) is 0 Å². The molecule has 0 aromatic rings. The smallest absolute Gasteiger partial charge is 0.187 e.